The second-order valence-electron chi connectivity index (χ2n) is 9.56. The minimum atomic E-state index is -0.786. The topological polar surface area (TPSA) is 37.3 Å². The fourth-order valence-electron chi connectivity index (χ4n) is 3.36. The van der Waals surface area contributed by atoms with E-state index in [1.54, 1.807) is 0 Å². The highest BCUT2D eigenvalue weighted by Gasteiger charge is 2.44. The maximum Gasteiger partial charge on any atom is 0.309 e. The lowest BCUT2D eigenvalue weighted by Crippen LogP contribution is -2.40. The van der Waals surface area contributed by atoms with Gasteiger partial charge < -0.3 is 5.11 Å². The number of carbonyl (C=O) groups is 1. The number of hydrogen-bond acceptors (Lipinski definition) is 1. The van der Waals surface area contributed by atoms with Crippen molar-refractivity contribution >= 4 is 5.97 Å². The molecule has 0 aliphatic heterocycles. The van der Waals surface area contributed by atoms with Gasteiger partial charge in [-0.25, -0.2) is 0 Å². The van der Waals surface area contributed by atoms with Gasteiger partial charge in [0, 0.05) is 5.41 Å². The summed E-state index contributed by atoms with van der Waals surface area (Å²) >= 11 is 0. The maximum atomic E-state index is 11.7. The Morgan fingerprint density at radius 1 is 0.700 bits per heavy atom. The van der Waals surface area contributed by atoms with Crippen LogP contribution in [0.25, 0.3) is 0 Å². The van der Waals surface area contributed by atoms with Crippen LogP contribution >= 0.6 is 0 Å². The molecule has 0 aliphatic carbocycles. The number of unbranched alkanes of at least 4 members (excludes halogenated alkanes) is 5. The Bertz CT molecular complexity index is 600. The van der Waals surface area contributed by atoms with Crippen molar-refractivity contribution in [3.63, 3.8) is 0 Å². The number of hydrogen-bond donors (Lipinski definition) is 1. The summed E-state index contributed by atoms with van der Waals surface area (Å²) in [4.78, 5) is 11.7. The zero-order valence-electron chi connectivity index (χ0n) is 20.9. The number of carboxylic acid groups (broad SMARTS) is 1. The molecule has 30 heavy (non-hydrogen) atoms. The number of rotatable bonds is 16. The van der Waals surface area contributed by atoms with Gasteiger partial charge in [-0.1, -0.05) is 81.2 Å². The average Bonchev–Trinajstić information content (AvgIpc) is 2.69. The number of allylic oxidation sites excluding steroid dienone is 8. The standard InChI is InChI=1S/C28H48O2/c1-8-9-10-11-12-13-14-15-16-17-18-19-20-21-22-23-24(2)25(3)27(4,5)28(6,7)26(29)30/h12-13,16-17,20-21H,8-11,14-15,18-19,22-23H2,1-7H3,(H,29,30). The summed E-state index contributed by atoms with van der Waals surface area (Å²) in [5, 5.41) is 9.58. The van der Waals surface area contributed by atoms with Crippen molar-refractivity contribution in [2.45, 2.75) is 113 Å². The van der Waals surface area contributed by atoms with Crippen LogP contribution in [-0.2, 0) is 4.79 Å². The highest BCUT2D eigenvalue weighted by molar-refractivity contribution is 5.75. The Balaban J connectivity index is 4.15. The monoisotopic (exact) mass is 416 g/mol. The Morgan fingerprint density at radius 3 is 1.57 bits per heavy atom. The van der Waals surface area contributed by atoms with E-state index in [-0.39, 0.29) is 5.41 Å². The molecule has 0 fully saturated rings. The molecule has 0 spiro atoms. The summed E-state index contributed by atoms with van der Waals surface area (Å²) in [7, 11) is 0. The van der Waals surface area contributed by atoms with E-state index >= 15 is 0 Å². The lowest BCUT2D eigenvalue weighted by Gasteiger charge is -2.40. The Labute approximate surface area is 187 Å². The van der Waals surface area contributed by atoms with Gasteiger partial charge in [0.05, 0.1) is 5.41 Å². The van der Waals surface area contributed by atoms with Gasteiger partial charge in [0.25, 0.3) is 0 Å². The maximum absolute atomic E-state index is 11.7. The Kier molecular flexibility index (Phi) is 14.5. The first-order valence-corrected chi connectivity index (χ1v) is 11.9. The molecule has 0 unspecified atom stereocenters. The van der Waals surface area contributed by atoms with Gasteiger partial charge in [0.15, 0.2) is 0 Å². The summed E-state index contributed by atoms with van der Waals surface area (Å²) in [6.07, 6.45) is 25.4. The van der Waals surface area contributed by atoms with Gasteiger partial charge >= 0.3 is 5.97 Å². The summed E-state index contributed by atoms with van der Waals surface area (Å²) in [5.74, 6) is -0.740. The van der Waals surface area contributed by atoms with Crippen molar-refractivity contribution in [3.05, 3.63) is 47.6 Å². The van der Waals surface area contributed by atoms with Crippen LogP contribution in [0.2, 0.25) is 0 Å². The summed E-state index contributed by atoms with van der Waals surface area (Å²) in [6, 6.07) is 0. The first-order valence-electron chi connectivity index (χ1n) is 11.9. The van der Waals surface area contributed by atoms with Gasteiger partial charge in [-0.2, -0.15) is 0 Å². The fraction of sp³-hybridized carbons (Fsp3) is 0.679. The highest BCUT2D eigenvalue weighted by Crippen LogP contribution is 2.45. The predicted octanol–water partition coefficient (Wildman–Crippen LogP) is 9.05. The molecule has 0 saturated heterocycles. The molecule has 0 aliphatic rings. The van der Waals surface area contributed by atoms with Crippen LogP contribution in [0, 0.1) is 10.8 Å². The van der Waals surface area contributed by atoms with Crippen LogP contribution in [0.5, 0.6) is 0 Å². The van der Waals surface area contributed by atoms with Crippen molar-refractivity contribution in [3.8, 4) is 0 Å². The molecule has 0 heterocycles. The van der Waals surface area contributed by atoms with Gasteiger partial charge in [0.1, 0.15) is 0 Å². The number of aliphatic carboxylic acids is 1. The van der Waals surface area contributed by atoms with Crippen LogP contribution in [0.15, 0.2) is 47.6 Å². The van der Waals surface area contributed by atoms with Gasteiger partial charge in [-0.3, -0.25) is 4.79 Å². The molecule has 0 aromatic heterocycles. The normalized spacial score (nSPS) is 14.2. The minimum Gasteiger partial charge on any atom is -0.481 e. The van der Waals surface area contributed by atoms with E-state index in [2.05, 4.69) is 57.2 Å². The van der Waals surface area contributed by atoms with Crippen LogP contribution < -0.4 is 0 Å². The molecule has 2 heteroatoms. The molecule has 0 rings (SSSR count). The third-order valence-electron chi connectivity index (χ3n) is 6.84. The molecule has 2 nitrogen and oxygen atoms in total. The van der Waals surface area contributed by atoms with E-state index < -0.39 is 11.4 Å². The lowest BCUT2D eigenvalue weighted by atomic mass is 9.63. The van der Waals surface area contributed by atoms with E-state index in [0.29, 0.717) is 0 Å². The molecular weight excluding hydrogens is 368 g/mol. The molecule has 0 aromatic carbocycles. The van der Waals surface area contributed by atoms with Crippen LogP contribution in [0.1, 0.15) is 113 Å². The lowest BCUT2D eigenvalue weighted by molar-refractivity contribution is -0.152. The fourth-order valence-corrected chi connectivity index (χ4v) is 3.36. The highest BCUT2D eigenvalue weighted by atomic mass is 16.4. The summed E-state index contributed by atoms with van der Waals surface area (Å²) < 4.78 is 0. The van der Waals surface area contributed by atoms with Crippen molar-refractivity contribution < 1.29 is 9.90 Å². The van der Waals surface area contributed by atoms with Crippen LogP contribution in [-0.4, -0.2) is 11.1 Å². The molecule has 172 valence electrons. The Morgan fingerprint density at radius 2 is 1.13 bits per heavy atom. The second-order valence-corrected chi connectivity index (χ2v) is 9.56. The summed E-state index contributed by atoms with van der Waals surface area (Å²) in [5.41, 5.74) is 1.35. The molecular formula is C28H48O2. The van der Waals surface area contributed by atoms with Gasteiger partial charge in [-0.15, -0.1) is 0 Å². The molecule has 0 saturated carbocycles. The van der Waals surface area contributed by atoms with Crippen LogP contribution in [0.3, 0.4) is 0 Å². The van der Waals surface area contributed by atoms with Crippen molar-refractivity contribution in [1.82, 2.24) is 0 Å². The Hall–Kier alpha value is -1.57. The molecule has 1 N–H and O–H groups in total. The smallest absolute Gasteiger partial charge is 0.309 e. The molecule has 0 radical (unpaired) electrons. The summed E-state index contributed by atoms with van der Waals surface area (Å²) in [6.45, 7) is 14.2. The first-order chi connectivity index (χ1) is 14.1. The quantitative estimate of drug-likeness (QED) is 0.201. The zero-order valence-corrected chi connectivity index (χ0v) is 20.9. The third kappa shape index (κ3) is 10.5. The van der Waals surface area contributed by atoms with Gasteiger partial charge in [-0.05, 0) is 79.1 Å². The van der Waals surface area contributed by atoms with E-state index in [1.165, 1.54) is 36.8 Å². The van der Waals surface area contributed by atoms with Gasteiger partial charge in [0.2, 0.25) is 0 Å². The third-order valence-corrected chi connectivity index (χ3v) is 6.84. The minimum absolute atomic E-state index is 0.373. The SMILES string of the molecule is CCCCCC=CCCC=CCCC=CCCC(C)=C(C)C(C)(C)C(C)(C)C(=O)O. The number of carboxylic acids is 1. The first kappa shape index (κ1) is 28.4. The molecule has 0 atom stereocenters. The van der Waals surface area contributed by atoms with Crippen molar-refractivity contribution in [1.29, 1.82) is 0 Å². The van der Waals surface area contributed by atoms with Crippen LogP contribution in [0.4, 0.5) is 0 Å². The molecule has 0 bridgehead atoms. The largest absolute Gasteiger partial charge is 0.481 e. The van der Waals surface area contributed by atoms with E-state index in [9.17, 15) is 9.90 Å². The second kappa shape index (κ2) is 15.3. The molecule has 0 amide bonds. The van der Waals surface area contributed by atoms with Crippen molar-refractivity contribution in [2.24, 2.45) is 10.8 Å². The average molecular weight is 417 g/mol. The van der Waals surface area contributed by atoms with E-state index in [4.69, 9.17) is 0 Å². The van der Waals surface area contributed by atoms with Crippen molar-refractivity contribution in [2.75, 3.05) is 0 Å². The zero-order chi connectivity index (χ0) is 23.0. The predicted molar refractivity (Wildman–Crippen MR) is 133 cm³/mol. The van der Waals surface area contributed by atoms with E-state index in [1.807, 2.05) is 27.7 Å². The van der Waals surface area contributed by atoms with E-state index in [0.717, 1.165) is 38.5 Å². The molecule has 0 aromatic rings.